The summed E-state index contributed by atoms with van der Waals surface area (Å²) in [6.07, 6.45) is 0.990. The van der Waals surface area contributed by atoms with Crippen LogP contribution < -0.4 is 0 Å². The van der Waals surface area contributed by atoms with Gasteiger partial charge in [-0.1, -0.05) is 50.6 Å². The van der Waals surface area contributed by atoms with Gasteiger partial charge in [0.05, 0.1) is 10.8 Å². The monoisotopic (exact) mass is 377 g/mol. The SMILES string of the molecule is CCC(C)C1CSC(C)(Cc2ccccc2)C(=O)N1C(=O)OC(C)(C)C. The zero-order valence-corrected chi connectivity index (χ0v) is 17.6. The van der Waals surface area contributed by atoms with Crippen LogP contribution >= 0.6 is 11.8 Å². The van der Waals surface area contributed by atoms with Crippen molar-refractivity contribution in [2.24, 2.45) is 5.92 Å². The maximum absolute atomic E-state index is 13.4. The van der Waals surface area contributed by atoms with Crippen LogP contribution in [0, 0.1) is 5.92 Å². The molecule has 0 aliphatic carbocycles. The number of thioether (sulfide) groups is 1. The van der Waals surface area contributed by atoms with Crippen molar-refractivity contribution in [3.05, 3.63) is 35.9 Å². The van der Waals surface area contributed by atoms with E-state index >= 15 is 0 Å². The van der Waals surface area contributed by atoms with Crippen LogP contribution in [0.15, 0.2) is 30.3 Å². The highest BCUT2D eigenvalue weighted by molar-refractivity contribution is 8.01. The second-order valence-corrected chi connectivity index (χ2v) is 9.84. The Morgan fingerprint density at radius 3 is 2.50 bits per heavy atom. The third-order valence-electron chi connectivity index (χ3n) is 4.85. The van der Waals surface area contributed by atoms with Gasteiger partial charge in [0.15, 0.2) is 0 Å². The number of hydrogen-bond acceptors (Lipinski definition) is 4. The van der Waals surface area contributed by atoms with Crippen molar-refractivity contribution in [3.63, 3.8) is 0 Å². The summed E-state index contributed by atoms with van der Waals surface area (Å²) in [5.41, 5.74) is 0.472. The minimum Gasteiger partial charge on any atom is -0.443 e. The average Bonchev–Trinajstić information content (AvgIpc) is 2.55. The number of nitrogens with zero attached hydrogens (tertiary/aromatic N) is 1. The first-order valence-electron chi connectivity index (χ1n) is 9.32. The summed E-state index contributed by atoms with van der Waals surface area (Å²) in [4.78, 5) is 27.7. The zero-order chi connectivity index (χ0) is 19.5. The zero-order valence-electron chi connectivity index (χ0n) is 16.7. The normalized spacial score (nSPS) is 25.1. The Morgan fingerprint density at radius 1 is 1.35 bits per heavy atom. The number of amides is 2. The summed E-state index contributed by atoms with van der Waals surface area (Å²) in [6, 6.07) is 9.84. The van der Waals surface area contributed by atoms with Gasteiger partial charge >= 0.3 is 6.09 Å². The van der Waals surface area contributed by atoms with Crippen LogP contribution in [0.25, 0.3) is 0 Å². The van der Waals surface area contributed by atoms with Crippen molar-refractivity contribution in [3.8, 4) is 0 Å². The molecule has 1 aliphatic rings. The summed E-state index contributed by atoms with van der Waals surface area (Å²) in [5.74, 6) is 0.834. The molecule has 0 N–H and O–H groups in total. The molecule has 26 heavy (non-hydrogen) atoms. The van der Waals surface area contributed by atoms with E-state index < -0.39 is 16.4 Å². The molecule has 1 aliphatic heterocycles. The second-order valence-electron chi connectivity index (χ2n) is 8.31. The molecule has 5 heteroatoms. The molecule has 1 heterocycles. The number of carbonyl (C=O) groups is 2. The first-order chi connectivity index (χ1) is 12.1. The predicted octanol–water partition coefficient (Wildman–Crippen LogP) is 4.91. The largest absolute Gasteiger partial charge is 0.443 e. The van der Waals surface area contributed by atoms with Crippen molar-refractivity contribution in [2.45, 2.75) is 70.8 Å². The molecule has 0 saturated carbocycles. The Morgan fingerprint density at radius 2 is 1.96 bits per heavy atom. The van der Waals surface area contributed by atoms with E-state index in [-0.39, 0.29) is 17.9 Å². The first kappa shape index (κ1) is 20.8. The fourth-order valence-corrected chi connectivity index (χ4v) is 4.65. The molecule has 1 aromatic carbocycles. The molecule has 0 aromatic heterocycles. The number of carbonyl (C=O) groups excluding carboxylic acids is 2. The Hall–Kier alpha value is -1.49. The van der Waals surface area contributed by atoms with E-state index in [1.807, 2.05) is 58.0 Å². The van der Waals surface area contributed by atoms with Crippen LogP contribution in [-0.2, 0) is 16.0 Å². The lowest BCUT2D eigenvalue weighted by atomic mass is 9.94. The van der Waals surface area contributed by atoms with Crippen LogP contribution in [0.1, 0.15) is 53.5 Å². The van der Waals surface area contributed by atoms with E-state index in [9.17, 15) is 9.59 Å². The maximum atomic E-state index is 13.4. The fraction of sp³-hybridized carbons (Fsp3) is 0.619. The molecule has 0 radical (unpaired) electrons. The molecule has 3 atom stereocenters. The molecule has 2 amide bonds. The van der Waals surface area contributed by atoms with Gasteiger partial charge in [0.25, 0.3) is 0 Å². The van der Waals surface area contributed by atoms with Crippen LogP contribution in [0.3, 0.4) is 0 Å². The topological polar surface area (TPSA) is 46.6 Å². The molecular weight excluding hydrogens is 346 g/mol. The summed E-state index contributed by atoms with van der Waals surface area (Å²) in [6.45, 7) is 11.6. The quantitative estimate of drug-likeness (QED) is 0.748. The Labute approximate surface area is 161 Å². The number of imide groups is 1. The van der Waals surface area contributed by atoms with Crippen LogP contribution in [0.4, 0.5) is 4.79 Å². The fourth-order valence-electron chi connectivity index (χ4n) is 3.14. The van der Waals surface area contributed by atoms with E-state index in [4.69, 9.17) is 4.74 Å². The van der Waals surface area contributed by atoms with Crippen molar-refractivity contribution in [2.75, 3.05) is 5.75 Å². The lowest BCUT2D eigenvalue weighted by Crippen LogP contribution is -2.60. The molecule has 1 fully saturated rings. The van der Waals surface area contributed by atoms with E-state index in [0.717, 1.165) is 17.7 Å². The van der Waals surface area contributed by atoms with E-state index in [0.29, 0.717) is 6.42 Å². The van der Waals surface area contributed by atoms with E-state index in [2.05, 4.69) is 13.8 Å². The van der Waals surface area contributed by atoms with Crippen molar-refractivity contribution in [1.29, 1.82) is 0 Å². The highest BCUT2D eigenvalue weighted by atomic mass is 32.2. The summed E-state index contributed by atoms with van der Waals surface area (Å²) in [5, 5.41) is 0. The molecule has 4 nitrogen and oxygen atoms in total. The smallest absolute Gasteiger partial charge is 0.417 e. The van der Waals surface area contributed by atoms with Crippen LogP contribution in [0.5, 0.6) is 0 Å². The maximum Gasteiger partial charge on any atom is 0.417 e. The summed E-state index contributed by atoms with van der Waals surface area (Å²) < 4.78 is 4.91. The predicted molar refractivity (Wildman–Crippen MR) is 107 cm³/mol. The van der Waals surface area contributed by atoms with E-state index in [1.165, 1.54) is 4.90 Å². The number of benzene rings is 1. The third-order valence-corrected chi connectivity index (χ3v) is 6.32. The molecule has 2 rings (SSSR count). The van der Waals surface area contributed by atoms with Crippen LogP contribution in [0.2, 0.25) is 0 Å². The molecule has 144 valence electrons. The molecule has 1 aromatic rings. The van der Waals surface area contributed by atoms with Gasteiger partial charge in [-0.25, -0.2) is 9.69 Å². The Balaban J connectivity index is 2.31. The van der Waals surface area contributed by atoms with Gasteiger partial charge < -0.3 is 4.74 Å². The minimum absolute atomic E-state index is 0.129. The van der Waals surface area contributed by atoms with Crippen molar-refractivity contribution >= 4 is 23.8 Å². The molecule has 0 bridgehead atoms. The standard InChI is InChI=1S/C21H31NO3S/c1-7-15(2)17-14-26-21(6,13-16-11-9-8-10-12-16)18(23)22(17)19(24)25-20(3,4)5/h8-12,15,17H,7,13-14H2,1-6H3. The highest BCUT2D eigenvalue weighted by Gasteiger charge is 2.49. The van der Waals surface area contributed by atoms with Crippen LogP contribution in [-0.4, -0.2) is 39.0 Å². The number of ether oxygens (including phenoxy) is 1. The second kappa shape index (κ2) is 8.03. The van der Waals surface area contributed by atoms with Gasteiger partial charge in [0.1, 0.15) is 5.60 Å². The lowest BCUT2D eigenvalue weighted by Gasteiger charge is -2.45. The lowest BCUT2D eigenvalue weighted by molar-refractivity contribution is -0.136. The average molecular weight is 378 g/mol. The molecule has 3 unspecified atom stereocenters. The van der Waals surface area contributed by atoms with Gasteiger partial charge in [-0.2, -0.15) is 0 Å². The Bertz CT molecular complexity index is 640. The summed E-state index contributed by atoms with van der Waals surface area (Å²) in [7, 11) is 0. The molecule has 1 saturated heterocycles. The van der Waals surface area contributed by atoms with Crippen molar-refractivity contribution in [1.82, 2.24) is 4.90 Å². The Kier molecular flexibility index (Phi) is 6.43. The van der Waals surface area contributed by atoms with Gasteiger partial charge in [-0.3, -0.25) is 4.79 Å². The van der Waals surface area contributed by atoms with Gasteiger partial charge in [-0.05, 0) is 45.6 Å². The summed E-state index contributed by atoms with van der Waals surface area (Å²) >= 11 is 1.66. The first-order valence-corrected chi connectivity index (χ1v) is 10.3. The molecular formula is C21H31NO3S. The van der Waals surface area contributed by atoms with Crippen molar-refractivity contribution < 1.29 is 14.3 Å². The number of rotatable bonds is 4. The van der Waals surface area contributed by atoms with Gasteiger partial charge in [0.2, 0.25) is 5.91 Å². The highest BCUT2D eigenvalue weighted by Crippen LogP contribution is 2.40. The third kappa shape index (κ3) is 4.81. The van der Waals surface area contributed by atoms with Gasteiger partial charge in [-0.15, -0.1) is 11.8 Å². The number of hydrogen-bond donors (Lipinski definition) is 0. The molecule has 0 spiro atoms. The van der Waals surface area contributed by atoms with E-state index in [1.54, 1.807) is 11.8 Å². The minimum atomic E-state index is -0.664. The van der Waals surface area contributed by atoms with Gasteiger partial charge in [0, 0.05) is 5.75 Å².